The molecule has 2 heterocycles. The van der Waals surface area contributed by atoms with E-state index in [1.165, 1.54) is 4.90 Å². The van der Waals surface area contributed by atoms with E-state index in [-0.39, 0.29) is 23.7 Å². The summed E-state index contributed by atoms with van der Waals surface area (Å²) >= 11 is 0. The molecule has 2 aliphatic heterocycles. The lowest BCUT2D eigenvalue weighted by Gasteiger charge is -2.37. The first-order chi connectivity index (χ1) is 14.4. The van der Waals surface area contributed by atoms with Crippen molar-refractivity contribution in [1.29, 1.82) is 0 Å². The predicted molar refractivity (Wildman–Crippen MR) is 114 cm³/mol. The summed E-state index contributed by atoms with van der Waals surface area (Å²) in [6.07, 6.45) is 2.27. The minimum absolute atomic E-state index is 0.0692. The summed E-state index contributed by atoms with van der Waals surface area (Å²) < 4.78 is 5.32. The van der Waals surface area contributed by atoms with E-state index in [0.717, 1.165) is 0 Å². The highest BCUT2D eigenvalue weighted by Crippen LogP contribution is 2.26. The number of rotatable bonds is 6. The molecule has 3 atom stereocenters. The Morgan fingerprint density at radius 2 is 1.71 bits per heavy atom. The number of ether oxygens (including phenoxy) is 1. The maximum absolute atomic E-state index is 13.2. The molecule has 0 spiro atoms. The number of carbonyl (C=O) groups is 4. The van der Waals surface area contributed by atoms with Crippen LogP contribution in [0.5, 0.6) is 0 Å². The van der Waals surface area contributed by atoms with E-state index in [9.17, 15) is 24.3 Å². The van der Waals surface area contributed by atoms with Gasteiger partial charge in [0.25, 0.3) is 0 Å². The van der Waals surface area contributed by atoms with Crippen LogP contribution in [0.25, 0.3) is 0 Å². The minimum atomic E-state index is -0.955. The van der Waals surface area contributed by atoms with Crippen LogP contribution in [0.15, 0.2) is 0 Å². The normalized spacial score (nSPS) is 22.0. The van der Waals surface area contributed by atoms with Gasteiger partial charge in [-0.3, -0.25) is 9.59 Å². The summed E-state index contributed by atoms with van der Waals surface area (Å²) in [5.41, 5.74) is -0.658. The van der Waals surface area contributed by atoms with Crippen LogP contribution in [0.1, 0.15) is 66.7 Å². The zero-order chi connectivity index (χ0) is 23.3. The topological polar surface area (TPSA) is 116 Å². The first kappa shape index (κ1) is 24.9. The van der Waals surface area contributed by atoms with Crippen molar-refractivity contribution in [2.75, 3.05) is 19.6 Å². The number of nitrogens with zero attached hydrogens (tertiary/aromatic N) is 2. The van der Waals surface area contributed by atoms with Gasteiger partial charge < -0.3 is 25.0 Å². The molecule has 0 aromatic carbocycles. The number of carboxylic acids is 1. The maximum atomic E-state index is 13.2. The zero-order valence-electron chi connectivity index (χ0n) is 19.3. The Balaban J connectivity index is 1.97. The average molecular weight is 440 g/mol. The van der Waals surface area contributed by atoms with Crippen LogP contribution in [0.4, 0.5) is 4.79 Å². The van der Waals surface area contributed by atoms with Gasteiger partial charge in [-0.25, -0.2) is 9.59 Å². The Bertz CT molecular complexity index is 681. The molecule has 0 aromatic rings. The van der Waals surface area contributed by atoms with Gasteiger partial charge in [-0.15, -0.1) is 0 Å². The lowest BCUT2D eigenvalue weighted by atomic mass is 9.92. The summed E-state index contributed by atoms with van der Waals surface area (Å²) in [5, 5.41) is 12.1. The van der Waals surface area contributed by atoms with E-state index in [1.54, 1.807) is 25.7 Å². The van der Waals surface area contributed by atoms with Gasteiger partial charge in [-0.2, -0.15) is 0 Å². The second kappa shape index (κ2) is 10.3. The van der Waals surface area contributed by atoms with Crippen LogP contribution in [0, 0.1) is 11.8 Å². The molecule has 3 amide bonds. The Morgan fingerprint density at radius 1 is 1.10 bits per heavy atom. The van der Waals surface area contributed by atoms with Crippen LogP contribution >= 0.6 is 0 Å². The molecule has 31 heavy (non-hydrogen) atoms. The number of carbonyl (C=O) groups excluding carboxylic acids is 3. The van der Waals surface area contributed by atoms with Crippen LogP contribution in [-0.4, -0.2) is 76.1 Å². The van der Waals surface area contributed by atoms with Crippen molar-refractivity contribution in [3.8, 4) is 0 Å². The molecule has 2 rings (SSSR count). The van der Waals surface area contributed by atoms with Gasteiger partial charge in [0.05, 0.1) is 0 Å². The lowest BCUT2D eigenvalue weighted by molar-refractivity contribution is -0.151. The second-order valence-electron chi connectivity index (χ2n) is 9.64. The number of hydrogen-bond donors (Lipinski definition) is 2. The van der Waals surface area contributed by atoms with E-state index in [4.69, 9.17) is 4.74 Å². The number of aliphatic carboxylic acids is 1. The van der Waals surface area contributed by atoms with Crippen LogP contribution in [0.3, 0.4) is 0 Å². The molecule has 2 aliphatic rings. The number of amides is 3. The van der Waals surface area contributed by atoms with Crippen molar-refractivity contribution in [2.24, 2.45) is 11.8 Å². The molecule has 0 saturated carbocycles. The molecule has 2 saturated heterocycles. The Kier molecular flexibility index (Phi) is 8.31. The van der Waals surface area contributed by atoms with Crippen molar-refractivity contribution in [3.05, 3.63) is 0 Å². The molecule has 9 nitrogen and oxygen atoms in total. The molecule has 0 aromatic heterocycles. The van der Waals surface area contributed by atoms with E-state index in [0.29, 0.717) is 51.7 Å². The van der Waals surface area contributed by atoms with Gasteiger partial charge >= 0.3 is 12.1 Å². The second-order valence-corrected chi connectivity index (χ2v) is 9.64. The van der Waals surface area contributed by atoms with Crippen LogP contribution in [-0.2, 0) is 19.1 Å². The lowest BCUT2D eigenvalue weighted by Crippen LogP contribution is -2.55. The fourth-order valence-electron chi connectivity index (χ4n) is 4.18. The number of nitrogens with one attached hydrogen (secondary N) is 1. The quantitative estimate of drug-likeness (QED) is 0.656. The number of carboxylic acid groups (broad SMARTS) is 1. The molecule has 176 valence electrons. The number of likely N-dealkylation sites (tertiary alicyclic amines) is 2. The number of piperidine rings is 1. The summed E-state index contributed by atoms with van der Waals surface area (Å²) in [5.74, 6) is -1.59. The molecule has 2 fully saturated rings. The van der Waals surface area contributed by atoms with Gasteiger partial charge in [-0.05, 0) is 52.4 Å². The third kappa shape index (κ3) is 6.58. The van der Waals surface area contributed by atoms with Crippen molar-refractivity contribution >= 4 is 23.9 Å². The first-order valence-electron chi connectivity index (χ1n) is 11.3. The molecule has 0 aliphatic carbocycles. The van der Waals surface area contributed by atoms with Gasteiger partial charge in [0.2, 0.25) is 11.8 Å². The monoisotopic (exact) mass is 439 g/mol. The largest absolute Gasteiger partial charge is 0.480 e. The van der Waals surface area contributed by atoms with Crippen molar-refractivity contribution < 1.29 is 29.0 Å². The third-order valence-electron chi connectivity index (χ3n) is 6.13. The van der Waals surface area contributed by atoms with Gasteiger partial charge in [-0.1, -0.05) is 20.3 Å². The van der Waals surface area contributed by atoms with Gasteiger partial charge in [0.1, 0.15) is 17.7 Å². The predicted octanol–water partition coefficient (Wildman–Crippen LogP) is 2.24. The van der Waals surface area contributed by atoms with Gasteiger partial charge in [0.15, 0.2) is 0 Å². The number of hydrogen-bond acceptors (Lipinski definition) is 5. The smallest absolute Gasteiger partial charge is 0.408 e. The van der Waals surface area contributed by atoms with Crippen LogP contribution < -0.4 is 5.32 Å². The van der Waals surface area contributed by atoms with E-state index in [2.05, 4.69) is 5.32 Å². The van der Waals surface area contributed by atoms with Crippen molar-refractivity contribution in [3.63, 3.8) is 0 Å². The molecular weight excluding hydrogens is 402 g/mol. The van der Waals surface area contributed by atoms with E-state index < -0.39 is 29.7 Å². The van der Waals surface area contributed by atoms with E-state index >= 15 is 0 Å². The highest BCUT2D eigenvalue weighted by atomic mass is 16.6. The summed E-state index contributed by atoms with van der Waals surface area (Å²) in [6.45, 7) is 10.5. The third-order valence-corrected chi connectivity index (χ3v) is 6.13. The average Bonchev–Trinajstić information content (AvgIpc) is 3.19. The Labute approximate surface area is 184 Å². The summed E-state index contributed by atoms with van der Waals surface area (Å²) in [6, 6.07) is -1.43. The fraction of sp³-hybridized carbons (Fsp3) is 0.818. The number of alkyl carbamates (subject to hydrolysis) is 1. The molecule has 0 radical (unpaired) electrons. The molecule has 9 heteroatoms. The highest BCUT2D eigenvalue weighted by molar-refractivity contribution is 5.87. The zero-order valence-corrected chi connectivity index (χ0v) is 19.3. The molecule has 0 bridgehead atoms. The van der Waals surface area contributed by atoms with Crippen molar-refractivity contribution in [2.45, 2.75) is 84.4 Å². The summed E-state index contributed by atoms with van der Waals surface area (Å²) in [4.78, 5) is 52.8. The molecule has 1 unspecified atom stereocenters. The molecule has 2 N–H and O–H groups in total. The van der Waals surface area contributed by atoms with Crippen LogP contribution in [0.2, 0.25) is 0 Å². The van der Waals surface area contributed by atoms with Crippen molar-refractivity contribution in [1.82, 2.24) is 15.1 Å². The highest BCUT2D eigenvalue weighted by Gasteiger charge is 2.39. The Hall–Kier alpha value is -2.32. The fourth-order valence-corrected chi connectivity index (χ4v) is 4.18. The maximum Gasteiger partial charge on any atom is 0.408 e. The standard InChI is InChI=1S/C22H37N3O6/c1-6-14(2)17(23-21(30)31-22(3,4)5)19(27)24-12-9-15(10-13-24)18(26)25-11-7-8-16(25)20(28)29/h14-17H,6-13H2,1-5H3,(H,23,30)(H,28,29)/t14?,16-,17-/m0/s1. The minimum Gasteiger partial charge on any atom is -0.480 e. The first-order valence-corrected chi connectivity index (χ1v) is 11.3. The SMILES string of the molecule is CCC(C)[C@H](NC(=O)OC(C)(C)C)C(=O)N1CCC(C(=O)N2CCC[C@H]2C(=O)O)CC1. The molecular formula is C22H37N3O6. The summed E-state index contributed by atoms with van der Waals surface area (Å²) in [7, 11) is 0. The Morgan fingerprint density at radius 3 is 2.23 bits per heavy atom. The van der Waals surface area contributed by atoms with Gasteiger partial charge in [0, 0.05) is 25.6 Å². The van der Waals surface area contributed by atoms with E-state index in [1.807, 2.05) is 13.8 Å².